The number of benzene rings is 2. The Bertz CT molecular complexity index is 1100. The molecule has 0 N–H and O–H groups in total. The molecule has 1 amide bonds. The van der Waals surface area contributed by atoms with E-state index in [2.05, 4.69) is 35.3 Å². The summed E-state index contributed by atoms with van der Waals surface area (Å²) in [4.78, 5) is 14.1. The standard InChI is InChI=1S/C34H48FN2O2S/c1-3-4-5-6-7-8-9-10-11-12-13-14-24-39-34-20-17-30(26-33(34)35)21-22-37(29(2)38)32-18-15-31(16-19-32)27-36-23-25-40-28-36/h15-20,23,25-26,28H,3-14,21-22,24,27H2,1-2H3/q+1. The van der Waals surface area contributed by atoms with Crippen LogP contribution in [0.25, 0.3) is 0 Å². The van der Waals surface area contributed by atoms with E-state index in [4.69, 9.17) is 4.74 Å². The van der Waals surface area contributed by atoms with Crippen LogP contribution in [0.3, 0.4) is 0 Å². The number of carbonyl (C=O) groups is 1. The highest BCUT2D eigenvalue weighted by Gasteiger charge is 2.13. The van der Waals surface area contributed by atoms with E-state index < -0.39 is 0 Å². The topological polar surface area (TPSA) is 33.4 Å². The van der Waals surface area contributed by atoms with Crippen LogP contribution in [0.1, 0.15) is 102 Å². The minimum atomic E-state index is -0.332. The first-order chi connectivity index (χ1) is 19.6. The lowest BCUT2D eigenvalue weighted by Crippen LogP contribution is -2.31. The first kappa shape index (κ1) is 31.8. The molecule has 0 saturated carbocycles. The fourth-order valence-corrected chi connectivity index (χ4v) is 5.59. The highest BCUT2D eigenvalue weighted by Crippen LogP contribution is 2.21. The molecule has 1 heterocycles. The number of amides is 1. The molecule has 0 radical (unpaired) electrons. The number of hydrogen-bond donors (Lipinski definition) is 0. The van der Waals surface area contributed by atoms with Gasteiger partial charge in [0, 0.05) is 24.7 Å². The van der Waals surface area contributed by atoms with Gasteiger partial charge < -0.3 is 9.64 Å². The SMILES string of the molecule is CCCCCCCCCCCCCCOc1ccc(CCN(C(C)=O)c2ccc(C[n+]3ccsc3)cc2)cc1F. The maximum atomic E-state index is 14.7. The van der Waals surface area contributed by atoms with Crippen molar-refractivity contribution in [3.63, 3.8) is 0 Å². The lowest BCUT2D eigenvalue weighted by atomic mass is 10.1. The van der Waals surface area contributed by atoms with Gasteiger partial charge in [0.1, 0.15) is 0 Å². The van der Waals surface area contributed by atoms with Gasteiger partial charge in [-0.1, -0.05) is 107 Å². The summed E-state index contributed by atoms with van der Waals surface area (Å²) in [6, 6.07) is 13.2. The molecule has 3 rings (SSSR count). The van der Waals surface area contributed by atoms with E-state index in [0.717, 1.165) is 30.6 Å². The third-order valence-corrected chi connectivity index (χ3v) is 8.07. The van der Waals surface area contributed by atoms with Gasteiger partial charge in [0.05, 0.1) is 12.0 Å². The first-order valence-corrected chi connectivity index (χ1v) is 16.2. The lowest BCUT2D eigenvalue weighted by molar-refractivity contribution is -0.683. The zero-order valence-corrected chi connectivity index (χ0v) is 25.4. The number of anilines is 1. The van der Waals surface area contributed by atoms with E-state index in [9.17, 15) is 9.18 Å². The number of rotatable bonds is 20. The van der Waals surface area contributed by atoms with E-state index in [1.54, 1.807) is 29.2 Å². The smallest absolute Gasteiger partial charge is 0.224 e. The number of carbonyl (C=O) groups excluding carboxylic acids is 1. The second-order valence-electron chi connectivity index (χ2n) is 10.8. The Morgan fingerprint density at radius 3 is 2.08 bits per heavy atom. The van der Waals surface area contributed by atoms with Gasteiger partial charge in [0.2, 0.25) is 11.4 Å². The number of hydrogen-bond acceptors (Lipinski definition) is 3. The van der Waals surface area contributed by atoms with Gasteiger partial charge in [-0.2, -0.15) is 4.57 Å². The van der Waals surface area contributed by atoms with Gasteiger partial charge in [-0.05, 0) is 42.7 Å². The summed E-state index contributed by atoms with van der Waals surface area (Å²) in [7, 11) is 0. The molecule has 3 aromatic rings. The molecule has 0 aliphatic carbocycles. The van der Waals surface area contributed by atoms with Gasteiger partial charge in [0.15, 0.2) is 24.3 Å². The Kier molecular flexibility index (Phi) is 14.8. The summed E-state index contributed by atoms with van der Waals surface area (Å²) < 4.78 is 22.5. The number of nitrogens with zero attached hydrogens (tertiary/aromatic N) is 2. The van der Waals surface area contributed by atoms with Crippen molar-refractivity contribution in [2.24, 2.45) is 0 Å². The number of unbranched alkanes of at least 4 members (excludes halogenated alkanes) is 11. The average Bonchev–Trinajstić information content (AvgIpc) is 3.46. The molecule has 6 heteroatoms. The molecule has 0 spiro atoms. The fourth-order valence-electron chi connectivity index (χ4n) is 5.00. The molecule has 0 atom stereocenters. The predicted molar refractivity (Wildman–Crippen MR) is 165 cm³/mol. The zero-order chi connectivity index (χ0) is 28.4. The molecular formula is C34H48FN2O2S+. The zero-order valence-electron chi connectivity index (χ0n) is 24.6. The molecule has 0 bridgehead atoms. The highest BCUT2D eigenvalue weighted by molar-refractivity contribution is 7.07. The summed E-state index contributed by atoms with van der Waals surface area (Å²) >= 11 is 1.66. The van der Waals surface area contributed by atoms with Crippen LogP contribution in [-0.4, -0.2) is 19.1 Å². The number of ether oxygens (including phenoxy) is 1. The predicted octanol–water partition coefficient (Wildman–Crippen LogP) is 8.90. The Balaban J connectivity index is 1.33. The Labute approximate surface area is 245 Å². The van der Waals surface area contributed by atoms with Crippen LogP contribution in [-0.2, 0) is 17.8 Å². The molecule has 0 aliphatic rings. The molecule has 0 fully saturated rings. The van der Waals surface area contributed by atoms with Crippen LogP contribution in [0.15, 0.2) is 59.6 Å². The summed E-state index contributed by atoms with van der Waals surface area (Å²) in [5, 5.41) is 2.05. The summed E-state index contributed by atoms with van der Waals surface area (Å²) in [6.45, 7) is 5.68. The van der Waals surface area contributed by atoms with Crippen molar-refractivity contribution in [2.75, 3.05) is 18.1 Å². The summed E-state index contributed by atoms with van der Waals surface area (Å²) in [5.74, 6) is -0.0433. The molecule has 2 aromatic carbocycles. The van der Waals surface area contributed by atoms with Crippen molar-refractivity contribution >= 4 is 22.9 Å². The van der Waals surface area contributed by atoms with Crippen LogP contribution in [0.4, 0.5) is 10.1 Å². The lowest BCUT2D eigenvalue weighted by Gasteiger charge is -2.21. The maximum absolute atomic E-state index is 14.7. The molecule has 4 nitrogen and oxygen atoms in total. The monoisotopic (exact) mass is 567 g/mol. The van der Waals surface area contributed by atoms with Crippen LogP contribution in [0.5, 0.6) is 5.75 Å². The Hall–Kier alpha value is -2.73. The number of aromatic nitrogens is 1. The molecule has 40 heavy (non-hydrogen) atoms. The second kappa shape index (κ2) is 18.6. The van der Waals surface area contributed by atoms with Crippen LogP contribution in [0.2, 0.25) is 0 Å². The minimum Gasteiger partial charge on any atom is -0.491 e. The normalized spacial score (nSPS) is 11.1. The van der Waals surface area contributed by atoms with Crippen LogP contribution >= 0.6 is 11.3 Å². The van der Waals surface area contributed by atoms with Gasteiger partial charge in [-0.25, -0.2) is 4.39 Å². The number of thiazole rings is 1. The van der Waals surface area contributed by atoms with Gasteiger partial charge in [-0.3, -0.25) is 4.79 Å². The Morgan fingerprint density at radius 1 is 0.875 bits per heavy atom. The molecule has 0 aliphatic heterocycles. The van der Waals surface area contributed by atoms with E-state index in [1.807, 2.05) is 23.6 Å². The third-order valence-electron chi connectivity index (χ3n) is 7.40. The van der Waals surface area contributed by atoms with Gasteiger partial charge in [0.25, 0.3) is 0 Å². The molecule has 1 aromatic heterocycles. The van der Waals surface area contributed by atoms with E-state index >= 15 is 0 Å². The number of halogens is 1. The molecule has 0 saturated heterocycles. The largest absolute Gasteiger partial charge is 0.491 e. The summed E-state index contributed by atoms with van der Waals surface area (Å²) in [6.07, 6.45) is 18.1. The highest BCUT2D eigenvalue weighted by atomic mass is 32.1. The van der Waals surface area contributed by atoms with Crippen molar-refractivity contribution in [1.29, 1.82) is 0 Å². The van der Waals surface area contributed by atoms with E-state index in [1.165, 1.54) is 75.8 Å². The fraction of sp³-hybridized carbons (Fsp3) is 0.529. The maximum Gasteiger partial charge on any atom is 0.224 e. The average molecular weight is 568 g/mol. The molecular weight excluding hydrogens is 519 g/mol. The van der Waals surface area contributed by atoms with Gasteiger partial charge >= 0.3 is 0 Å². The second-order valence-corrected chi connectivity index (χ2v) is 11.5. The van der Waals surface area contributed by atoms with Crippen LogP contribution in [0, 0.1) is 5.82 Å². The van der Waals surface area contributed by atoms with Crippen molar-refractivity contribution in [2.45, 2.75) is 104 Å². The molecule has 0 unspecified atom stereocenters. The minimum absolute atomic E-state index is 0.0252. The van der Waals surface area contributed by atoms with Crippen LogP contribution < -0.4 is 14.2 Å². The molecule has 218 valence electrons. The first-order valence-electron chi connectivity index (χ1n) is 15.3. The van der Waals surface area contributed by atoms with E-state index in [0.29, 0.717) is 25.3 Å². The third kappa shape index (κ3) is 11.8. The quantitative estimate of drug-likeness (QED) is 0.101. The van der Waals surface area contributed by atoms with Crippen molar-refractivity contribution < 1.29 is 18.5 Å². The summed E-state index contributed by atoms with van der Waals surface area (Å²) in [5.41, 5.74) is 4.96. The van der Waals surface area contributed by atoms with Gasteiger partial charge in [-0.15, -0.1) is 0 Å². The van der Waals surface area contributed by atoms with E-state index in [-0.39, 0.29) is 11.7 Å². The van der Waals surface area contributed by atoms with Crippen molar-refractivity contribution in [3.05, 3.63) is 76.5 Å². The Morgan fingerprint density at radius 2 is 1.50 bits per heavy atom. The van der Waals surface area contributed by atoms with Crippen molar-refractivity contribution in [3.8, 4) is 5.75 Å². The van der Waals surface area contributed by atoms with Crippen molar-refractivity contribution in [1.82, 2.24) is 0 Å².